The first-order valence-corrected chi connectivity index (χ1v) is 5.87. The lowest BCUT2D eigenvalue weighted by Crippen LogP contribution is -2.00. The molecule has 0 aromatic heterocycles. The normalized spacial score (nSPS) is 10.2. The predicted octanol–water partition coefficient (Wildman–Crippen LogP) is 2.85. The van der Waals surface area contributed by atoms with E-state index < -0.39 is 5.97 Å². The van der Waals surface area contributed by atoms with Crippen LogP contribution in [0.2, 0.25) is 0 Å². The number of hydrogen-bond donors (Lipinski definition) is 2. The van der Waals surface area contributed by atoms with Gasteiger partial charge in [-0.3, -0.25) is 0 Å². The van der Waals surface area contributed by atoms with E-state index in [1.807, 2.05) is 19.1 Å². The standard InChI is InChI=1S/C15H15NO3/c1-10-2-7-13(16)8-14(10)19-9-11-3-5-12(6-4-11)15(17)18/h2-8H,9,16H2,1H3,(H,17,18). The summed E-state index contributed by atoms with van der Waals surface area (Å²) in [5.74, 6) is -0.193. The fourth-order valence-electron chi connectivity index (χ4n) is 1.68. The van der Waals surface area contributed by atoms with Gasteiger partial charge in [0.15, 0.2) is 0 Å². The molecule has 0 spiro atoms. The van der Waals surface area contributed by atoms with Crippen LogP contribution in [0.15, 0.2) is 42.5 Å². The lowest BCUT2D eigenvalue weighted by atomic mass is 10.1. The molecule has 4 heteroatoms. The van der Waals surface area contributed by atoms with E-state index in [0.717, 1.165) is 16.9 Å². The number of rotatable bonds is 4. The second-order valence-electron chi connectivity index (χ2n) is 4.32. The molecule has 3 N–H and O–H groups in total. The summed E-state index contributed by atoms with van der Waals surface area (Å²) >= 11 is 0. The molecule has 0 saturated heterocycles. The van der Waals surface area contributed by atoms with Crippen molar-refractivity contribution in [2.24, 2.45) is 0 Å². The summed E-state index contributed by atoms with van der Waals surface area (Å²) in [4.78, 5) is 10.7. The fraction of sp³-hybridized carbons (Fsp3) is 0.133. The molecule has 0 bridgehead atoms. The fourth-order valence-corrected chi connectivity index (χ4v) is 1.68. The van der Waals surface area contributed by atoms with Crippen molar-refractivity contribution in [3.8, 4) is 5.75 Å². The van der Waals surface area contributed by atoms with E-state index in [9.17, 15) is 4.79 Å². The zero-order chi connectivity index (χ0) is 13.8. The molecule has 98 valence electrons. The smallest absolute Gasteiger partial charge is 0.335 e. The van der Waals surface area contributed by atoms with Crippen molar-refractivity contribution < 1.29 is 14.6 Å². The molecular formula is C15H15NO3. The summed E-state index contributed by atoms with van der Waals surface area (Å²) in [6.07, 6.45) is 0. The summed E-state index contributed by atoms with van der Waals surface area (Å²) in [6, 6.07) is 12.1. The number of aromatic carboxylic acids is 1. The third-order valence-corrected chi connectivity index (χ3v) is 2.81. The Kier molecular flexibility index (Phi) is 3.71. The Morgan fingerprint density at radius 1 is 1.21 bits per heavy atom. The van der Waals surface area contributed by atoms with E-state index in [2.05, 4.69) is 0 Å². The first-order valence-electron chi connectivity index (χ1n) is 5.87. The summed E-state index contributed by atoms with van der Waals surface area (Å²) < 4.78 is 5.68. The maximum atomic E-state index is 10.7. The monoisotopic (exact) mass is 257 g/mol. The highest BCUT2D eigenvalue weighted by molar-refractivity contribution is 5.87. The number of aryl methyl sites for hydroxylation is 1. The maximum absolute atomic E-state index is 10.7. The van der Waals surface area contributed by atoms with Gasteiger partial charge in [-0.25, -0.2) is 4.79 Å². The van der Waals surface area contributed by atoms with Crippen molar-refractivity contribution >= 4 is 11.7 Å². The molecule has 2 aromatic rings. The van der Waals surface area contributed by atoms with Gasteiger partial charge in [0.25, 0.3) is 0 Å². The molecule has 0 aliphatic heterocycles. The van der Waals surface area contributed by atoms with Crippen molar-refractivity contribution in [1.29, 1.82) is 0 Å². The zero-order valence-corrected chi connectivity index (χ0v) is 10.6. The number of nitrogens with two attached hydrogens (primary N) is 1. The topological polar surface area (TPSA) is 72.5 Å². The Morgan fingerprint density at radius 2 is 1.89 bits per heavy atom. The molecule has 0 amide bonds. The summed E-state index contributed by atoms with van der Waals surface area (Å²) in [7, 11) is 0. The van der Waals surface area contributed by atoms with E-state index in [1.54, 1.807) is 30.3 Å². The quantitative estimate of drug-likeness (QED) is 0.826. The zero-order valence-electron chi connectivity index (χ0n) is 10.6. The summed E-state index contributed by atoms with van der Waals surface area (Å²) in [5, 5.41) is 8.81. The number of hydrogen-bond acceptors (Lipinski definition) is 3. The van der Waals surface area contributed by atoms with Crippen LogP contribution in [0.1, 0.15) is 21.5 Å². The molecule has 2 aromatic carbocycles. The SMILES string of the molecule is Cc1ccc(N)cc1OCc1ccc(C(=O)O)cc1. The van der Waals surface area contributed by atoms with Crippen LogP contribution < -0.4 is 10.5 Å². The molecule has 2 rings (SSSR count). The van der Waals surface area contributed by atoms with Gasteiger partial charge in [0.1, 0.15) is 12.4 Å². The number of carboxylic acids is 1. The molecular weight excluding hydrogens is 242 g/mol. The molecule has 0 fully saturated rings. The Balaban J connectivity index is 2.06. The van der Waals surface area contributed by atoms with Gasteiger partial charge >= 0.3 is 5.97 Å². The molecule has 0 atom stereocenters. The van der Waals surface area contributed by atoms with Crippen LogP contribution in [0.4, 0.5) is 5.69 Å². The van der Waals surface area contributed by atoms with Crippen molar-refractivity contribution in [3.63, 3.8) is 0 Å². The van der Waals surface area contributed by atoms with Crippen LogP contribution in [0.25, 0.3) is 0 Å². The highest BCUT2D eigenvalue weighted by Gasteiger charge is 2.03. The molecule has 0 aliphatic carbocycles. The van der Waals surface area contributed by atoms with Gasteiger partial charge in [-0.2, -0.15) is 0 Å². The van der Waals surface area contributed by atoms with E-state index in [1.165, 1.54) is 0 Å². The third kappa shape index (κ3) is 3.25. The Bertz CT molecular complexity index is 591. The summed E-state index contributed by atoms with van der Waals surface area (Å²) in [6.45, 7) is 2.33. The first kappa shape index (κ1) is 13.0. The average molecular weight is 257 g/mol. The molecule has 4 nitrogen and oxygen atoms in total. The van der Waals surface area contributed by atoms with Gasteiger partial charge in [-0.05, 0) is 36.2 Å². The molecule has 0 heterocycles. The Morgan fingerprint density at radius 3 is 2.53 bits per heavy atom. The van der Waals surface area contributed by atoms with Crippen LogP contribution in [-0.2, 0) is 6.61 Å². The number of carboxylic acid groups (broad SMARTS) is 1. The molecule has 0 unspecified atom stereocenters. The average Bonchev–Trinajstić information content (AvgIpc) is 2.40. The predicted molar refractivity (Wildman–Crippen MR) is 73.3 cm³/mol. The summed E-state index contributed by atoms with van der Waals surface area (Å²) in [5.41, 5.74) is 8.55. The molecule has 0 aliphatic rings. The number of ether oxygens (including phenoxy) is 1. The van der Waals surface area contributed by atoms with Gasteiger partial charge < -0.3 is 15.6 Å². The number of nitrogen functional groups attached to an aromatic ring is 1. The maximum Gasteiger partial charge on any atom is 0.335 e. The van der Waals surface area contributed by atoms with Gasteiger partial charge in [0, 0.05) is 11.8 Å². The largest absolute Gasteiger partial charge is 0.489 e. The minimum Gasteiger partial charge on any atom is -0.489 e. The second-order valence-corrected chi connectivity index (χ2v) is 4.32. The number of benzene rings is 2. The minimum absolute atomic E-state index is 0.267. The number of carbonyl (C=O) groups is 1. The molecule has 0 saturated carbocycles. The van der Waals surface area contributed by atoms with Gasteiger partial charge in [-0.1, -0.05) is 18.2 Å². The second kappa shape index (κ2) is 5.44. The number of anilines is 1. The van der Waals surface area contributed by atoms with Crippen molar-refractivity contribution in [1.82, 2.24) is 0 Å². The van der Waals surface area contributed by atoms with E-state index in [4.69, 9.17) is 15.6 Å². The van der Waals surface area contributed by atoms with Crippen molar-refractivity contribution in [3.05, 3.63) is 59.2 Å². The lowest BCUT2D eigenvalue weighted by Gasteiger charge is -2.10. The van der Waals surface area contributed by atoms with Crippen LogP contribution in [-0.4, -0.2) is 11.1 Å². The third-order valence-electron chi connectivity index (χ3n) is 2.81. The first-order chi connectivity index (χ1) is 9.06. The van der Waals surface area contributed by atoms with E-state index in [0.29, 0.717) is 12.3 Å². The van der Waals surface area contributed by atoms with Crippen LogP contribution >= 0.6 is 0 Å². The van der Waals surface area contributed by atoms with Gasteiger partial charge in [0.05, 0.1) is 5.56 Å². The van der Waals surface area contributed by atoms with Gasteiger partial charge in [-0.15, -0.1) is 0 Å². The lowest BCUT2D eigenvalue weighted by molar-refractivity contribution is 0.0697. The molecule has 19 heavy (non-hydrogen) atoms. The van der Waals surface area contributed by atoms with Crippen LogP contribution in [0.3, 0.4) is 0 Å². The Hall–Kier alpha value is -2.49. The highest BCUT2D eigenvalue weighted by atomic mass is 16.5. The Labute approximate surface area is 111 Å². The van der Waals surface area contributed by atoms with Crippen molar-refractivity contribution in [2.75, 3.05) is 5.73 Å². The van der Waals surface area contributed by atoms with Crippen molar-refractivity contribution in [2.45, 2.75) is 13.5 Å². The van der Waals surface area contributed by atoms with Crippen LogP contribution in [0.5, 0.6) is 5.75 Å². The van der Waals surface area contributed by atoms with Gasteiger partial charge in [0.2, 0.25) is 0 Å². The van der Waals surface area contributed by atoms with Crippen LogP contribution in [0, 0.1) is 6.92 Å². The minimum atomic E-state index is -0.931. The molecule has 0 radical (unpaired) electrons. The van der Waals surface area contributed by atoms with E-state index in [-0.39, 0.29) is 5.56 Å². The van der Waals surface area contributed by atoms with E-state index >= 15 is 0 Å². The highest BCUT2D eigenvalue weighted by Crippen LogP contribution is 2.21.